The molecule has 0 rings (SSSR count). The van der Waals surface area contributed by atoms with Gasteiger partial charge < -0.3 is 33.8 Å². The number of hydrogen-bond donors (Lipinski definition) is 3. The van der Waals surface area contributed by atoms with E-state index in [9.17, 15) is 43.2 Å². The second kappa shape index (κ2) is 65.0. The van der Waals surface area contributed by atoms with Crippen molar-refractivity contribution in [1.29, 1.82) is 0 Å². The Bertz CT molecular complexity index is 1790. The normalized spacial score (nSPS) is 14.4. The van der Waals surface area contributed by atoms with Crippen LogP contribution in [0.3, 0.4) is 0 Å². The van der Waals surface area contributed by atoms with Gasteiger partial charge in [-0.3, -0.25) is 37.3 Å². The number of esters is 4. The molecule has 6 atom stereocenters. The van der Waals surface area contributed by atoms with Crippen molar-refractivity contribution < 1.29 is 80.2 Å². The average Bonchev–Trinajstić information content (AvgIpc) is 1.51. The van der Waals surface area contributed by atoms with Crippen molar-refractivity contribution in [3.8, 4) is 0 Å². The first-order chi connectivity index (χ1) is 44.4. The van der Waals surface area contributed by atoms with Gasteiger partial charge in [-0.2, -0.15) is 0 Å². The molecule has 0 amide bonds. The minimum absolute atomic E-state index is 0.103. The second-order valence-corrected chi connectivity index (χ2v) is 30.0. The van der Waals surface area contributed by atoms with E-state index in [1.165, 1.54) is 186 Å². The Hall–Kier alpha value is -1.94. The molecule has 0 aromatic carbocycles. The molecule has 0 aliphatic heterocycles. The van der Waals surface area contributed by atoms with E-state index in [0.717, 1.165) is 102 Å². The smallest absolute Gasteiger partial charge is 0.462 e. The van der Waals surface area contributed by atoms with Crippen LogP contribution in [0.1, 0.15) is 375 Å². The van der Waals surface area contributed by atoms with Gasteiger partial charge in [0.05, 0.1) is 26.4 Å². The van der Waals surface area contributed by atoms with Crippen LogP contribution in [0.5, 0.6) is 0 Å². The number of aliphatic hydroxyl groups is 1. The number of phosphoric acid groups is 2. The van der Waals surface area contributed by atoms with E-state index in [0.29, 0.717) is 31.6 Å². The van der Waals surface area contributed by atoms with E-state index in [1.54, 1.807) is 0 Å². The molecule has 0 aliphatic rings. The maximum Gasteiger partial charge on any atom is 0.472 e. The number of unbranched alkanes of at least 4 members (excludes halogenated alkanes) is 41. The van der Waals surface area contributed by atoms with Gasteiger partial charge >= 0.3 is 39.5 Å². The zero-order chi connectivity index (χ0) is 67.9. The Labute approximate surface area is 562 Å². The van der Waals surface area contributed by atoms with Crippen LogP contribution in [-0.4, -0.2) is 96.7 Å². The molecular formula is C73H142O17P2. The van der Waals surface area contributed by atoms with E-state index in [4.69, 9.17) is 37.0 Å². The molecule has 0 heterocycles. The fourth-order valence-electron chi connectivity index (χ4n) is 11.1. The predicted octanol–water partition coefficient (Wildman–Crippen LogP) is 21.2. The summed E-state index contributed by atoms with van der Waals surface area (Å²) >= 11 is 0. The summed E-state index contributed by atoms with van der Waals surface area (Å²) in [5.41, 5.74) is 0. The van der Waals surface area contributed by atoms with Gasteiger partial charge in [-0.15, -0.1) is 0 Å². The minimum atomic E-state index is -4.95. The van der Waals surface area contributed by atoms with Gasteiger partial charge in [-0.05, 0) is 37.5 Å². The summed E-state index contributed by atoms with van der Waals surface area (Å²) in [5, 5.41) is 10.6. The predicted molar refractivity (Wildman–Crippen MR) is 372 cm³/mol. The van der Waals surface area contributed by atoms with Gasteiger partial charge in [-0.1, -0.05) is 324 Å². The summed E-state index contributed by atoms with van der Waals surface area (Å²) in [6.45, 7) is 9.47. The number of aliphatic hydroxyl groups excluding tert-OH is 1. The van der Waals surface area contributed by atoms with E-state index < -0.39 is 97.5 Å². The highest BCUT2D eigenvalue weighted by molar-refractivity contribution is 7.47. The van der Waals surface area contributed by atoms with Crippen molar-refractivity contribution in [2.45, 2.75) is 394 Å². The lowest BCUT2D eigenvalue weighted by Crippen LogP contribution is -2.30. The van der Waals surface area contributed by atoms with Gasteiger partial charge in [-0.25, -0.2) is 9.13 Å². The molecule has 0 bridgehead atoms. The molecule has 0 saturated heterocycles. The quantitative estimate of drug-likeness (QED) is 0.0222. The summed E-state index contributed by atoms with van der Waals surface area (Å²) in [6.07, 6.45) is 51.5. The SMILES string of the molecule is CCCCCCCCCCCCCCCCCCCC(=O)O[C@H](COC(=O)CCCCCCCCCCCCCCCCC)COP(=O)(O)OC[C@@H](O)COP(=O)(O)OC[C@@H](COC(=O)CCCCCCCCC(C)CC)OC(=O)CCCCCCCCCC(C)C. The Kier molecular flexibility index (Phi) is 63.7. The molecule has 0 spiro atoms. The molecule has 0 fully saturated rings. The highest BCUT2D eigenvalue weighted by Crippen LogP contribution is 2.45. The van der Waals surface area contributed by atoms with Gasteiger partial charge in [0, 0.05) is 25.7 Å². The minimum Gasteiger partial charge on any atom is -0.462 e. The highest BCUT2D eigenvalue weighted by atomic mass is 31.2. The lowest BCUT2D eigenvalue weighted by molar-refractivity contribution is -0.161. The van der Waals surface area contributed by atoms with Crippen LogP contribution in [0.15, 0.2) is 0 Å². The molecule has 0 saturated carbocycles. The van der Waals surface area contributed by atoms with Crippen LogP contribution in [0.2, 0.25) is 0 Å². The van der Waals surface area contributed by atoms with Gasteiger partial charge in [0.15, 0.2) is 12.2 Å². The van der Waals surface area contributed by atoms with Crippen molar-refractivity contribution in [1.82, 2.24) is 0 Å². The van der Waals surface area contributed by atoms with Crippen molar-refractivity contribution in [3.05, 3.63) is 0 Å². The first-order valence-electron chi connectivity index (χ1n) is 38.0. The standard InChI is InChI=1S/C73H142O17P2/c1-7-10-12-14-16-18-20-22-24-25-27-29-31-33-37-45-51-57-72(77)89-68(61-83-70(75)55-49-43-36-32-30-28-26-23-21-19-17-15-13-11-8-2)63-87-91(79,80)85-59-67(74)60-86-92(81,82)88-64-69(90-73(78)58-52-46-38-34-35-41-47-53-65(4)5)62-84-71(76)56-50-44-40-39-42-48-54-66(6)9-3/h65-69,74H,7-64H2,1-6H3,(H,79,80)(H,81,82)/t66?,67-,68-,69-/m1/s1. The van der Waals surface area contributed by atoms with Crippen LogP contribution < -0.4 is 0 Å². The number of carbonyl (C=O) groups excluding carboxylic acids is 4. The van der Waals surface area contributed by atoms with Crippen molar-refractivity contribution in [2.24, 2.45) is 11.8 Å². The molecular weight excluding hydrogens is 1210 g/mol. The number of phosphoric ester groups is 2. The molecule has 3 unspecified atom stereocenters. The molecule has 0 radical (unpaired) electrons. The Balaban J connectivity index is 5.23. The van der Waals surface area contributed by atoms with Crippen LogP contribution in [-0.2, 0) is 65.4 Å². The van der Waals surface area contributed by atoms with Crippen LogP contribution in [0.4, 0.5) is 0 Å². The number of rotatable bonds is 72. The molecule has 92 heavy (non-hydrogen) atoms. The van der Waals surface area contributed by atoms with Crippen LogP contribution >= 0.6 is 15.6 Å². The topological polar surface area (TPSA) is 237 Å². The lowest BCUT2D eigenvalue weighted by Gasteiger charge is -2.21. The molecule has 0 aromatic heterocycles. The van der Waals surface area contributed by atoms with E-state index >= 15 is 0 Å². The third kappa shape index (κ3) is 65.4. The number of carbonyl (C=O) groups is 4. The monoisotopic (exact) mass is 1350 g/mol. The Morgan fingerprint density at radius 2 is 0.554 bits per heavy atom. The van der Waals surface area contributed by atoms with Gasteiger partial charge in [0.2, 0.25) is 0 Å². The fraction of sp³-hybridized carbons (Fsp3) is 0.945. The first-order valence-corrected chi connectivity index (χ1v) is 41.0. The molecule has 19 heteroatoms. The van der Waals surface area contributed by atoms with Crippen LogP contribution in [0, 0.1) is 11.8 Å². The Morgan fingerprint density at radius 3 is 0.826 bits per heavy atom. The van der Waals surface area contributed by atoms with Gasteiger partial charge in [0.25, 0.3) is 0 Å². The third-order valence-corrected chi connectivity index (χ3v) is 19.2. The molecule has 0 aliphatic carbocycles. The van der Waals surface area contributed by atoms with Crippen molar-refractivity contribution in [2.75, 3.05) is 39.6 Å². The third-order valence-electron chi connectivity index (χ3n) is 17.3. The number of hydrogen-bond acceptors (Lipinski definition) is 15. The Morgan fingerprint density at radius 1 is 0.315 bits per heavy atom. The maximum atomic E-state index is 13.1. The lowest BCUT2D eigenvalue weighted by atomic mass is 10.00. The molecule has 0 aromatic rings. The van der Waals surface area contributed by atoms with Gasteiger partial charge in [0.1, 0.15) is 19.3 Å². The zero-order valence-corrected chi connectivity index (χ0v) is 61.6. The zero-order valence-electron chi connectivity index (χ0n) is 59.9. The maximum absolute atomic E-state index is 13.1. The van der Waals surface area contributed by atoms with Crippen LogP contribution in [0.25, 0.3) is 0 Å². The molecule has 546 valence electrons. The summed E-state index contributed by atoms with van der Waals surface area (Å²) in [5.74, 6) is -0.696. The summed E-state index contributed by atoms with van der Waals surface area (Å²) < 4.78 is 68.4. The highest BCUT2D eigenvalue weighted by Gasteiger charge is 2.30. The number of ether oxygens (including phenoxy) is 4. The summed E-state index contributed by atoms with van der Waals surface area (Å²) in [4.78, 5) is 72.6. The molecule has 17 nitrogen and oxygen atoms in total. The van der Waals surface area contributed by atoms with Crippen molar-refractivity contribution in [3.63, 3.8) is 0 Å². The largest absolute Gasteiger partial charge is 0.472 e. The fourth-order valence-corrected chi connectivity index (χ4v) is 12.7. The molecule has 3 N–H and O–H groups in total. The van der Waals surface area contributed by atoms with Crippen molar-refractivity contribution >= 4 is 39.5 Å². The van der Waals surface area contributed by atoms with E-state index in [1.807, 2.05) is 0 Å². The first kappa shape index (κ1) is 90.1. The van der Waals surface area contributed by atoms with E-state index in [2.05, 4.69) is 41.5 Å². The van der Waals surface area contributed by atoms with E-state index in [-0.39, 0.29) is 25.7 Å². The average molecular weight is 1350 g/mol. The summed E-state index contributed by atoms with van der Waals surface area (Å²) in [7, 11) is -9.90. The summed E-state index contributed by atoms with van der Waals surface area (Å²) in [6, 6.07) is 0. The second-order valence-electron chi connectivity index (χ2n) is 27.1.